The molecule has 256 valence electrons. The van der Waals surface area contributed by atoms with Crippen molar-refractivity contribution in [3.8, 4) is 40.0 Å². The summed E-state index contributed by atoms with van der Waals surface area (Å²) in [5, 5.41) is 23.5. The summed E-state index contributed by atoms with van der Waals surface area (Å²) in [6.45, 7) is 7.03. The van der Waals surface area contributed by atoms with E-state index < -0.39 is 23.8 Å². The van der Waals surface area contributed by atoms with Gasteiger partial charge in [0.25, 0.3) is 5.91 Å². The van der Waals surface area contributed by atoms with Gasteiger partial charge in [-0.15, -0.1) is 0 Å². The molecule has 0 bridgehead atoms. The molecular formula is C37H40N4O8. The SMILES string of the molecule is COc1cc(C(=O)NC2CCN(C(=O)OC(C)(C)C)CC2O)ccc1-c1cc2nccc(-c3ccc(OC4CCOCC4)c(C#N)c3)c2o1. The number of pyridine rings is 1. The summed E-state index contributed by atoms with van der Waals surface area (Å²) in [6, 6.07) is 15.9. The van der Waals surface area contributed by atoms with Gasteiger partial charge < -0.3 is 38.7 Å². The van der Waals surface area contributed by atoms with Crippen LogP contribution in [0, 0.1) is 11.3 Å². The maximum atomic E-state index is 13.3. The Kier molecular flexibility index (Phi) is 9.76. The van der Waals surface area contributed by atoms with Gasteiger partial charge in [0.1, 0.15) is 40.6 Å². The number of nitrogens with one attached hydrogen (secondary N) is 1. The number of carbonyl (C=O) groups is 2. The fraction of sp³-hybridized carbons (Fsp3) is 0.405. The maximum absolute atomic E-state index is 13.3. The van der Waals surface area contributed by atoms with E-state index in [1.165, 1.54) is 12.0 Å². The number of aliphatic hydroxyl groups excluding tert-OH is 1. The molecule has 2 fully saturated rings. The number of likely N-dealkylation sites (tertiary alicyclic amines) is 1. The Hall–Kier alpha value is -5.12. The number of β-amino-alcohol motifs (C(OH)–C–C–N with tert-alkyl or cyclic N) is 1. The van der Waals surface area contributed by atoms with Gasteiger partial charge in [-0.2, -0.15) is 5.26 Å². The third kappa shape index (κ3) is 7.63. The number of piperidine rings is 1. The Morgan fingerprint density at radius 2 is 1.84 bits per heavy atom. The average Bonchev–Trinajstić information content (AvgIpc) is 3.53. The van der Waals surface area contributed by atoms with E-state index in [0.29, 0.717) is 71.2 Å². The zero-order valence-corrected chi connectivity index (χ0v) is 28.0. The number of amides is 2. The second-order valence-electron chi connectivity index (χ2n) is 13.2. The normalized spacial score (nSPS) is 18.5. The lowest BCUT2D eigenvalue weighted by Crippen LogP contribution is -2.55. The molecule has 12 heteroatoms. The minimum Gasteiger partial charge on any atom is -0.496 e. The Morgan fingerprint density at radius 1 is 1.04 bits per heavy atom. The van der Waals surface area contributed by atoms with Crippen LogP contribution in [0.4, 0.5) is 4.79 Å². The summed E-state index contributed by atoms with van der Waals surface area (Å²) < 4.78 is 29.0. The molecule has 6 rings (SSSR count). The lowest BCUT2D eigenvalue weighted by atomic mass is 10.0. The van der Waals surface area contributed by atoms with Crippen LogP contribution in [-0.4, -0.2) is 84.3 Å². The Morgan fingerprint density at radius 3 is 2.55 bits per heavy atom. The van der Waals surface area contributed by atoms with E-state index in [0.717, 1.165) is 24.0 Å². The van der Waals surface area contributed by atoms with Crippen LogP contribution < -0.4 is 14.8 Å². The topological polar surface area (TPSA) is 156 Å². The lowest BCUT2D eigenvalue weighted by molar-refractivity contribution is -0.00410. The maximum Gasteiger partial charge on any atom is 0.410 e. The highest BCUT2D eigenvalue weighted by Gasteiger charge is 2.33. The van der Waals surface area contributed by atoms with E-state index in [1.807, 2.05) is 18.2 Å². The van der Waals surface area contributed by atoms with Gasteiger partial charge in [0.15, 0.2) is 5.58 Å². The van der Waals surface area contributed by atoms with Crippen LogP contribution in [0.15, 0.2) is 59.1 Å². The quantitative estimate of drug-likeness (QED) is 0.250. The highest BCUT2D eigenvalue weighted by molar-refractivity contribution is 5.97. The van der Waals surface area contributed by atoms with Crippen molar-refractivity contribution in [3.63, 3.8) is 0 Å². The fourth-order valence-electron chi connectivity index (χ4n) is 6.04. The number of rotatable bonds is 7. The van der Waals surface area contributed by atoms with Gasteiger partial charge in [-0.25, -0.2) is 4.79 Å². The predicted molar refractivity (Wildman–Crippen MR) is 180 cm³/mol. The number of methoxy groups -OCH3 is 1. The van der Waals surface area contributed by atoms with Gasteiger partial charge in [0.2, 0.25) is 0 Å². The van der Waals surface area contributed by atoms with Crippen molar-refractivity contribution in [2.75, 3.05) is 33.4 Å². The molecule has 0 aliphatic carbocycles. The van der Waals surface area contributed by atoms with E-state index in [9.17, 15) is 20.0 Å². The molecule has 49 heavy (non-hydrogen) atoms. The molecule has 0 spiro atoms. The third-order valence-corrected chi connectivity index (χ3v) is 8.56. The van der Waals surface area contributed by atoms with Crippen molar-refractivity contribution in [2.24, 2.45) is 0 Å². The molecule has 0 radical (unpaired) electrons. The number of furan rings is 1. The van der Waals surface area contributed by atoms with Crippen LogP contribution in [0.5, 0.6) is 11.5 Å². The number of aromatic nitrogens is 1. The Bertz CT molecular complexity index is 1890. The number of nitrogens with zero attached hydrogens (tertiary/aromatic N) is 3. The lowest BCUT2D eigenvalue weighted by Gasteiger charge is -2.36. The first kappa shape index (κ1) is 33.8. The van der Waals surface area contributed by atoms with Crippen molar-refractivity contribution >= 4 is 23.1 Å². The van der Waals surface area contributed by atoms with Gasteiger partial charge in [0, 0.05) is 42.8 Å². The predicted octanol–water partition coefficient (Wildman–Crippen LogP) is 5.70. The molecule has 2 aromatic heterocycles. The average molecular weight is 669 g/mol. The molecule has 0 saturated carbocycles. The first-order chi connectivity index (χ1) is 23.5. The number of hydrogen-bond donors (Lipinski definition) is 2. The van der Waals surface area contributed by atoms with Crippen molar-refractivity contribution in [1.29, 1.82) is 5.26 Å². The molecule has 2 N–H and O–H groups in total. The summed E-state index contributed by atoms with van der Waals surface area (Å²) in [6.07, 6.45) is 2.18. The summed E-state index contributed by atoms with van der Waals surface area (Å²) in [5.41, 5.74) is 3.43. The summed E-state index contributed by atoms with van der Waals surface area (Å²) in [4.78, 5) is 31.6. The number of hydrogen-bond acceptors (Lipinski definition) is 10. The van der Waals surface area contributed by atoms with Crippen molar-refractivity contribution in [1.82, 2.24) is 15.2 Å². The van der Waals surface area contributed by atoms with E-state index in [1.54, 1.807) is 57.3 Å². The largest absolute Gasteiger partial charge is 0.496 e. The molecule has 2 amide bonds. The second kappa shape index (κ2) is 14.2. The van der Waals surface area contributed by atoms with Crippen LogP contribution >= 0.6 is 0 Å². The smallest absolute Gasteiger partial charge is 0.410 e. The fourth-order valence-corrected chi connectivity index (χ4v) is 6.04. The van der Waals surface area contributed by atoms with Gasteiger partial charge in [-0.3, -0.25) is 9.78 Å². The Balaban J connectivity index is 1.19. The van der Waals surface area contributed by atoms with Crippen LogP contribution in [0.2, 0.25) is 0 Å². The number of carbonyl (C=O) groups excluding carboxylic acids is 2. The third-order valence-electron chi connectivity index (χ3n) is 8.56. The number of nitriles is 1. The molecule has 4 heterocycles. The number of fused-ring (bicyclic) bond motifs is 1. The van der Waals surface area contributed by atoms with Crippen LogP contribution in [-0.2, 0) is 9.47 Å². The van der Waals surface area contributed by atoms with Crippen molar-refractivity contribution < 1.29 is 38.1 Å². The van der Waals surface area contributed by atoms with Gasteiger partial charge in [-0.05, 0) is 69.2 Å². The standard InChI is InChI=1S/C37H40N4O8/c1-37(2,3)49-36(44)41-14-10-28(30(42)21-41)40-35(43)23-5-7-27(32(18-23)45-4)33-19-29-34(48-33)26(9-13-39-29)22-6-8-31(24(17-22)20-38)47-25-11-15-46-16-12-25/h5-9,13,17-19,25,28,30,42H,10-12,14-16,21H2,1-4H3,(H,40,43). The van der Waals surface area contributed by atoms with E-state index in [4.69, 9.17) is 23.4 Å². The summed E-state index contributed by atoms with van der Waals surface area (Å²) >= 11 is 0. The van der Waals surface area contributed by atoms with E-state index >= 15 is 0 Å². The minimum absolute atomic E-state index is 0.00929. The summed E-state index contributed by atoms with van der Waals surface area (Å²) in [7, 11) is 1.51. The highest BCUT2D eigenvalue weighted by atomic mass is 16.6. The van der Waals surface area contributed by atoms with Gasteiger partial charge in [0.05, 0.1) is 50.1 Å². The van der Waals surface area contributed by atoms with Crippen molar-refractivity contribution in [2.45, 2.75) is 63.9 Å². The number of aliphatic hydroxyl groups is 1. The monoisotopic (exact) mass is 668 g/mol. The first-order valence-electron chi connectivity index (χ1n) is 16.4. The van der Waals surface area contributed by atoms with Crippen LogP contribution in [0.25, 0.3) is 33.6 Å². The van der Waals surface area contributed by atoms with Gasteiger partial charge >= 0.3 is 6.09 Å². The molecule has 2 unspecified atom stereocenters. The molecule has 12 nitrogen and oxygen atoms in total. The van der Waals surface area contributed by atoms with Crippen LogP contribution in [0.1, 0.15) is 56.0 Å². The first-order valence-corrected chi connectivity index (χ1v) is 16.4. The van der Waals surface area contributed by atoms with Crippen molar-refractivity contribution in [3.05, 3.63) is 65.9 Å². The molecule has 2 aromatic carbocycles. The molecule has 4 aromatic rings. The molecular weight excluding hydrogens is 628 g/mol. The molecule has 2 atom stereocenters. The molecule has 2 aliphatic rings. The number of benzene rings is 2. The zero-order chi connectivity index (χ0) is 34.7. The molecule has 2 saturated heterocycles. The summed E-state index contributed by atoms with van der Waals surface area (Å²) in [5.74, 6) is 1.06. The number of ether oxygens (including phenoxy) is 4. The van der Waals surface area contributed by atoms with E-state index in [2.05, 4.69) is 16.4 Å². The van der Waals surface area contributed by atoms with Gasteiger partial charge in [-0.1, -0.05) is 6.07 Å². The van der Waals surface area contributed by atoms with E-state index in [-0.39, 0.29) is 18.6 Å². The Labute approximate surface area is 284 Å². The highest BCUT2D eigenvalue weighted by Crippen LogP contribution is 2.38. The second-order valence-corrected chi connectivity index (χ2v) is 13.2. The molecule has 2 aliphatic heterocycles. The zero-order valence-electron chi connectivity index (χ0n) is 28.0. The van der Waals surface area contributed by atoms with Crippen LogP contribution in [0.3, 0.4) is 0 Å². The minimum atomic E-state index is -0.955.